The predicted molar refractivity (Wildman–Crippen MR) is 97.6 cm³/mol. The Morgan fingerprint density at radius 1 is 1.04 bits per heavy atom. The molecule has 23 heavy (non-hydrogen) atoms. The van der Waals surface area contributed by atoms with Gasteiger partial charge in [0.15, 0.2) is 0 Å². The number of hydrogen-bond acceptors (Lipinski definition) is 3. The number of rotatable bonds is 4. The Labute approximate surface area is 143 Å². The van der Waals surface area contributed by atoms with Gasteiger partial charge in [-0.2, -0.15) is 0 Å². The molecule has 0 spiro atoms. The van der Waals surface area contributed by atoms with Gasteiger partial charge < -0.3 is 5.73 Å². The highest BCUT2D eigenvalue weighted by molar-refractivity contribution is 6.30. The first-order valence-corrected chi connectivity index (χ1v) is 8.56. The van der Waals surface area contributed by atoms with Crippen LogP contribution in [0.15, 0.2) is 48.5 Å². The smallest absolute Gasteiger partial charge is 0.0406 e. The van der Waals surface area contributed by atoms with Crippen molar-refractivity contribution >= 4 is 17.3 Å². The minimum Gasteiger partial charge on any atom is -0.399 e. The highest BCUT2D eigenvalue weighted by atomic mass is 35.5. The molecule has 3 rings (SSSR count). The summed E-state index contributed by atoms with van der Waals surface area (Å²) >= 11 is 5.98. The summed E-state index contributed by atoms with van der Waals surface area (Å²) in [4.78, 5) is 5.04. The second-order valence-electron chi connectivity index (χ2n) is 6.28. The summed E-state index contributed by atoms with van der Waals surface area (Å²) in [6, 6.07) is 16.8. The second-order valence-corrected chi connectivity index (χ2v) is 6.72. The molecule has 0 bridgehead atoms. The fraction of sp³-hybridized carbons (Fsp3) is 0.368. The Kier molecular flexibility index (Phi) is 5.21. The van der Waals surface area contributed by atoms with Gasteiger partial charge in [0.1, 0.15) is 0 Å². The molecule has 2 aromatic rings. The van der Waals surface area contributed by atoms with E-state index in [9.17, 15) is 0 Å². The van der Waals surface area contributed by atoms with Crippen LogP contribution in [0, 0.1) is 0 Å². The molecule has 1 fully saturated rings. The van der Waals surface area contributed by atoms with Crippen LogP contribution in [-0.4, -0.2) is 36.0 Å². The molecule has 4 heteroatoms. The van der Waals surface area contributed by atoms with E-state index in [1.807, 2.05) is 24.3 Å². The van der Waals surface area contributed by atoms with Crippen LogP contribution in [-0.2, 0) is 6.54 Å². The minimum absolute atomic E-state index is 0.432. The average molecular weight is 330 g/mol. The van der Waals surface area contributed by atoms with Crippen LogP contribution < -0.4 is 5.73 Å². The lowest BCUT2D eigenvalue weighted by atomic mass is 10.1. The molecular weight excluding hydrogens is 306 g/mol. The molecule has 122 valence electrons. The van der Waals surface area contributed by atoms with Crippen molar-refractivity contribution in [2.75, 3.05) is 31.9 Å². The van der Waals surface area contributed by atoms with E-state index in [2.05, 4.69) is 41.0 Å². The summed E-state index contributed by atoms with van der Waals surface area (Å²) in [7, 11) is 0. The van der Waals surface area contributed by atoms with Crippen LogP contribution in [0.1, 0.15) is 24.1 Å². The molecule has 1 aliphatic heterocycles. The molecule has 1 unspecified atom stereocenters. The van der Waals surface area contributed by atoms with Gasteiger partial charge in [-0.1, -0.05) is 35.9 Å². The number of nitrogens with zero attached hydrogens (tertiary/aromatic N) is 2. The van der Waals surface area contributed by atoms with E-state index < -0.39 is 0 Å². The molecule has 0 aromatic heterocycles. The first-order chi connectivity index (χ1) is 11.1. The van der Waals surface area contributed by atoms with Crippen LogP contribution in [0.5, 0.6) is 0 Å². The van der Waals surface area contributed by atoms with Crippen molar-refractivity contribution in [1.82, 2.24) is 9.80 Å². The van der Waals surface area contributed by atoms with Crippen molar-refractivity contribution in [3.63, 3.8) is 0 Å². The van der Waals surface area contributed by atoms with E-state index in [4.69, 9.17) is 17.3 Å². The molecule has 0 radical (unpaired) electrons. The van der Waals surface area contributed by atoms with Crippen molar-refractivity contribution in [3.05, 3.63) is 64.7 Å². The van der Waals surface area contributed by atoms with E-state index in [0.717, 1.165) is 43.4 Å². The first kappa shape index (κ1) is 16.3. The lowest BCUT2D eigenvalue weighted by molar-refractivity contribution is 0.0979. The van der Waals surface area contributed by atoms with Gasteiger partial charge in [0.25, 0.3) is 0 Å². The van der Waals surface area contributed by atoms with Crippen molar-refractivity contribution in [2.24, 2.45) is 0 Å². The van der Waals surface area contributed by atoms with Crippen LogP contribution in [0.3, 0.4) is 0 Å². The summed E-state index contributed by atoms with van der Waals surface area (Å²) in [6.07, 6.45) is 0. The van der Waals surface area contributed by atoms with Crippen LogP contribution in [0.25, 0.3) is 0 Å². The van der Waals surface area contributed by atoms with E-state index in [0.29, 0.717) is 6.04 Å². The maximum absolute atomic E-state index is 5.98. The standard InChI is InChI=1S/C19H24ClN3/c1-15(17-5-7-18(20)8-6-17)23-11-9-22(10-12-23)14-16-3-2-4-19(21)13-16/h2-8,13,15H,9-12,14,21H2,1H3. The zero-order valence-corrected chi connectivity index (χ0v) is 14.3. The van der Waals surface area contributed by atoms with Gasteiger partial charge in [-0.05, 0) is 42.3 Å². The quantitative estimate of drug-likeness (QED) is 0.866. The Morgan fingerprint density at radius 3 is 2.39 bits per heavy atom. The average Bonchev–Trinajstić information content (AvgIpc) is 2.56. The third-order valence-electron chi connectivity index (χ3n) is 4.66. The Bertz CT molecular complexity index is 633. The molecule has 0 aliphatic carbocycles. The normalized spacial score (nSPS) is 18.0. The molecule has 2 N–H and O–H groups in total. The van der Waals surface area contributed by atoms with E-state index >= 15 is 0 Å². The number of benzene rings is 2. The van der Waals surface area contributed by atoms with Gasteiger partial charge in [-0.3, -0.25) is 9.80 Å². The van der Waals surface area contributed by atoms with Gasteiger partial charge in [-0.25, -0.2) is 0 Å². The zero-order chi connectivity index (χ0) is 16.2. The van der Waals surface area contributed by atoms with Gasteiger partial charge in [0, 0.05) is 49.5 Å². The Hall–Kier alpha value is -1.55. The topological polar surface area (TPSA) is 32.5 Å². The fourth-order valence-corrected chi connectivity index (χ4v) is 3.34. The molecule has 1 aliphatic rings. The summed E-state index contributed by atoms with van der Waals surface area (Å²) in [5, 5.41) is 0.799. The summed E-state index contributed by atoms with van der Waals surface area (Å²) < 4.78 is 0. The van der Waals surface area contributed by atoms with Crippen molar-refractivity contribution < 1.29 is 0 Å². The Morgan fingerprint density at radius 2 is 1.74 bits per heavy atom. The highest BCUT2D eigenvalue weighted by Crippen LogP contribution is 2.23. The SMILES string of the molecule is CC(c1ccc(Cl)cc1)N1CCN(Cc2cccc(N)c2)CC1. The van der Waals surface area contributed by atoms with Gasteiger partial charge >= 0.3 is 0 Å². The van der Waals surface area contributed by atoms with E-state index in [1.54, 1.807) is 0 Å². The largest absolute Gasteiger partial charge is 0.399 e. The van der Waals surface area contributed by atoms with Crippen molar-refractivity contribution in [3.8, 4) is 0 Å². The van der Waals surface area contributed by atoms with Gasteiger partial charge in [0.2, 0.25) is 0 Å². The number of piperazine rings is 1. The van der Waals surface area contributed by atoms with E-state index in [-0.39, 0.29) is 0 Å². The van der Waals surface area contributed by atoms with Crippen molar-refractivity contribution in [1.29, 1.82) is 0 Å². The third kappa shape index (κ3) is 4.25. The fourth-order valence-electron chi connectivity index (χ4n) is 3.21. The second kappa shape index (κ2) is 7.35. The van der Waals surface area contributed by atoms with Gasteiger partial charge in [0.05, 0.1) is 0 Å². The lowest BCUT2D eigenvalue weighted by Gasteiger charge is -2.38. The number of nitrogen functional groups attached to an aromatic ring is 1. The van der Waals surface area contributed by atoms with Crippen LogP contribution >= 0.6 is 11.6 Å². The number of anilines is 1. The van der Waals surface area contributed by atoms with Crippen LogP contribution in [0.4, 0.5) is 5.69 Å². The van der Waals surface area contributed by atoms with Crippen molar-refractivity contribution in [2.45, 2.75) is 19.5 Å². The highest BCUT2D eigenvalue weighted by Gasteiger charge is 2.22. The van der Waals surface area contributed by atoms with Gasteiger partial charge in [-0.15, -0.1) is 0 Å². The molecule has 1 atom stereocenters. The molecular formula is C19H24ClN3. The number of hydrogen-bond donors (Lipinski definition) is 1. The molecule has 1 heterocycles. The summed E-state index contributed by atoms with van der Waals surface area (Å²) in [5.41, 5.74) is 9.34. The molecule has 0 saturated carbocycles. The van der Waals surface area contributed by atoms with Crippen LogP contribution in [0.2, 0.25) is 5.02 Å². The third-order valence-corrected chi connectivity index (χ3v) is 4.92. The first-order valence-electron chi connectivity index (χ1n) is 8.18. The zero-order valence-electron chi connectivity index (χ0n) is 13.6. The monoisotopic (exact) mass is 329 g/mol. The maximum Gasteiger partial charge on any atom is 0.0406 e. The maximum atomic E-state index is 5.98. The Balaban J connectivity index is 1.54. The summed E-state index contributed by atoms with van der Waals surface area (Å²) in [5.74, 6) is 0. The summed E-state index contributed by atoms with van der Waals surface area (Å²) in [6.45, 7) is 7.61. The molecule has 2 aromatic carbocycles. The predicted octanol–water partition coefficient (Wildman–Crippen LogP) is 3.80. The lowest BCUT2D eigenvalue weighted by Crippen LogP contribution is -2.46. The van der Waals surface area contributed by atoms with E-state index in [1.165, 1.54) is 11.1 Å². The number of nitrogens with two attached hydrogens (primary N) is 1. The number of halogens is 1. The minimum atomic E-state index is 0.432. The molecule has 1 saturated heterocycles. The molecule has 0 amide bonds. The molecule has 3 nitrogen and oxygen atoms in total.